The fraction of sp³-hybridized carbons (Fsp3) is 1.00. The fourth-order valence-corrected chi connectivity index (χ4v) is 5.07. The van der Waals surface area contributed by atoms with E-state index in [1.54, 1.807) is 0 Å². The maximum absolute atomic E-state index is 11.7. The van der Waals surface area contributed by atoms with Crippen molar-refractivity contribution in [2.24, 2.45) is 0 Å². The first kappa shape index (κ1) is 32.6. The Morgan fingerprint density at radius 1 is 0.708 bits per heavy atom. The summed E-state index contributed by atoms with van der Waals surface area (Å²) in [6.45, 7) is 4.39. The van der Waals surface area contributed by atoms with Gasteiger partial charge in [0.1, 0.15) is 0 Å². The summed E-state index contributed by atoms with van der Waals surface area (Å²) in [6, 6.07) is 0. The average molecular weight is 571 g/mol. The zero-order valence-corrected chi connectivity index (χ0v) is 18.7. The van der Waals surface area contributed by atoms with E-state index in [9.17, 15) is 18.9 Å². The van der Waals surface area contributed by atoms with Crippen molar-refractivity contribution in [3.63, 3.8) is 0 Å². The van der Waals surface area contributed by atoms with Gasteiger partial charge in [0.25, 0.3) is 0 Å². The van der Waals surface area contributed by atoms with E-state index in [2.05, 4.69) is 13.8 Å². The zero-order valence-electron chi connectivity index (χ0n) is 14.7. The van der Waals surface area contributed by atoms with E-state index in [0.29, 0.717) is 12.8 Å². The first-order valence-corrected chi connectivity index (χ1v) is 11.3. The predicted octanol–water partition coefficient (Wildman–Crippen LogP) is 5.94. The van der Waals surface area contributed by atoms with E-state index < -0.39 is 21.1 Å². The van der Waals surface area contributed by atoms with Crippen LogP contribution in [0.15, 0.2) is 0 Å². The van der Waals surface area contributed by atoms with Gasteiger partial charge in [0.15, 0.2) is 5.90 Å². The summed E-state index contributed by atoms with van der Waals surface area (Å²) in [6.07, 6.45) is 7.39. The molecular formula is C13H34N2O6P2Pt. The minimum atomic E-state index is -4.06. The third-order valence-corrected chi connectivity index (χ3v) is 6.97. The molecule has 6 N–H and O–H groups in total. The summed E-state index contributed by atoms with van der Waals surface area (Å²) in [5, 5.41) is 0. The fourth-order valence-electron chi connectivity index (χ4n) is 1.78. The quantitative estimate of drug-likeness (QED) is 0.194. The van der Waals surface area contributed by atoms with Crippen LogP contribution in [0.4, 0.5) is 0 Å². The van der Waals surface area contributed by atoms with Crippen LogP contribution in [0.2, 0.25) is 0 Å². The first-order valence-electron chi connectivity index (χ1n) is 7.75. The molecule has 0 aromatic heterocycles. The Hall–Kier alpha value is 0.908. The van der Waals surface area contributed by atoms with Gasteiger partial charge < -0.3 is 31.1 Å². The van der Waals surface area contributed by atoms with E-state index in [1.807, 2.05) is 0 Å². The maximum atomic E-state index is 11.7. The molecule has 8 nitrogen and oxygen atoms in total. The largest absolute Gasteiger partial charge is 2.00 e. The van der Waals surface area contributed by atoms with Crippen molar-refractivity contribution < 1.29 is 49.0 Å². The summed E-state index contributed by atoms with van der Waals surface area (Å²) in [7, 11) is -8.12. The second kappa shape index (κ2) is 18.7. The van der Waals surface area contributed by atoms with Crippen LogP contribution >= 0.6 is 15.2 Å². The molecule has 0 saturated heterocycles. The molecule has 0 bridgehead atoms. The summed E-state index contributed by atoms with van der Waals surface area (Å²) >= 11 is 0. The Bertz CT molecular complexity index is 331. The second-order valence-corrected chi connectivity index (χ2v) is 9.40. The standard InChI is InChI=1S/C13H30O6P2.2H2N.Pt/c1-3-5-7-9-11-18-20(14,15)13-21(16,17)19-12-10-8-6-4-2;;;/h3-13H2,1-2H3,(H,14,15)(H,16,17);2*1H2;/q;2*-1;+2. The molecule has 152 valence electrons. The van der Waals surface area contributed by atoms with Gasteiger partial charge in [-0.15, -0.1) is 0 Å². The predicted molar refractivity (Wildman–Crippen MR) is 95.3 cm³/mol. The van der Waals surface area contributed by atoms with Crippen molar-refractivity contribution >= 4 is 15.2 Å². The van der Waals surface area contributed by atoms with E-state index in [0.717, 1.165) is 38.5 Å². The minimum absolute atomic E-state index is 0. The van der Waals surface area contributed by atoms with E-state index >= 15 is 0 Å². The molecule has 24 heavy (non-hydrogen) atoms. The zero-order chi connectivity index (χ0) is 16.2. The van der Waals surface area contributed by atoms with Crippen molar-refractivity contribution in [3.8, 4) is 0 Å². The Morgan fingerprint density at radius 2 is 1.04 bits per heavy atom. The third kappa shape index (κ3) is 21.0. The van der Waals surface area contributed by atoms with Gasteiger partial charge in [-0.3, -0.25) is 9.13 Å². The normalized spacial score (nSPS) is 15.2. The van der Waals surface area contributed by atoms with Crippen molar-refractivity contribution in [1.29, 1.82) is 0 Å². The van der Waals surface area contributed by atoms with Crippen LogP contribution in [0.25, 0.3) is 12.3 Å². The Kier molecular flexibility index (Phi) is 25.4. The molecule has 0 aliphatic carbocycles. The van der Waals surface area contributed by atoms with Crippen molar-refractivity contribution in [3.05, 3.63) is 12.3 Å². The van der Waals surface area contributed by atoms with Crippen LogP contribution in [0.5, 0.6) is 0 Å². The molecule has 0 aromatic carbocycles. The molecule has 0 aliphatic rings. The van der Waals surface area contributed by atoms with Gasteiger partial charge in [-0.25, -0.2) is 0 Å². The topological polar surface area (TPSA) is 160 Å². The Balaban J connectivity index is -0.000000667. The number of hydrogen-bond donors (Lipinski definition) is 2. The molecular weight excluding hydrogens is 537 g/mol. The molecule has 0 aliphatic heterocycles. The van der Waals surface area contributed by atoms with Gasteiger partial charge >= 0.3 is 36.3 Å². The number of rotatable bonds is 14. The molecule has 0 amide bonds. The van der Waals surface area contributed by atoms with Gasteiger partial charge in [-0.2, -0.15) is 0 Å². The second-order valence-electron chi connectivity index (χ2n) is 5.20. The van der Waals surface area contributed by atoms with Crippen LogP contribution in [-0.4, -0.2) is 28.9 Å². The summed E-state index contributed by atoms with van der Waals surface area (Å²) in [5.41, 5.74) is 0. The van der Waals surface area contributed by atoms with E-state index in [4.69, 9.17) is 9.05 Å². The van der Waals surface area contributed by atoms with Gasteiger partial charge in [-0.1, -0.05) is 52.4 Å². The van der Waals surface area contributed by atoms with E-state index in [1.165, 1.54) is 0 Å². The Morgan fingerprint density at radius 3 is 1.33 bits per heavy atom. The van der Waals surface area contributed by atoms with Crippen LogP contribution in [0.1, 0.15) is 65.2 Å². The molecule has 0 heterocycles. The maximum Gasteiger partial charge on any atom is 2.00 e. The van der Waals surface area contributed by atoms with Crippen LogP contribution in [-0.2, 0) is 39.2 Å². The molecule has 2 unspecified atom stereocenters. The van der Waals surface area contributed by atoms with Gasteiger partial charge in [0.05, 0.1) is 13.2 Å². The van der Waals surface area contributed by atoms with Crippen molar-refractivity contribution in [2.75, 3.05) is 19.1 Å². The SMILES string of the molecule is CCCCCCOP(=O)(O)CP(=O)(O)OCCCCCC.[NH2-].[NH2-].[Pt+2]. The molecule has 0 fully saturated rings. The van der Waals surface area contributed by atoms with Crippen molar-refractivity contribution in [2.45, 2.75) is 65.2 Å². The number of unbranched alkanes of at least 4 members (excludes halogenated alkanes) is 6. The van der Waals surface area contributed by atoms with E-state index in [-0.39, 0.29) is 46.6 Å². The average Bonchev–Trinajstić information content (AvgIpc) is 2.36. The number of hydrogen-bond acceptors (Lipinski definition) is 4. The Labute approximate surface area is 161 Å². The summed E-state index contributed by atoms with van der Waals surface area (Å²) in [5.74, 6) is -0.832. The van der Waals surface area contributed by atoms with Gasteiger partial charge in [-0.05, 0) is 12.8 Å². The molecule has 0 aromatic rings. The molecule has 0 saturated carbocycles. The minimum Gasteiger partial charge on any atom is -0.693 e. The smallest absolute Gasteiger partial charge is 0.693 e. The molecule has 0 rings (SSSR count). The van der Waals surface area contributed by atoms with Crippen LogP contribution in [0.3, 0.4) is 0 Å². The van der Waals surface area contributed by atoms with Gasteiger partial charge in [0.2, 0.25) is 0 Å². The number of nitrogens with two attached hydrogens (primary N) is 2. The first-order chi connectivity index (χ1) is 9.83. The summed E-state index contributed by atoms with van der Waals surface area (Å²) in [4.78, 5) is 19.1. The van der Waals surface area contributed by atoms with Crippen LogP contribution in [0, 0.1) is 0 Å². The summed E-state index contributed by atoms with van der Waals surface area (Å²) < 4.78 is 33.1. The van der Waals surface area contributed by atoms with Crippen LogP contribution < -0.4 is 0 Å². The molecule has 0 radical (unpaired) electrons. The van der Waals surface area contributed by atoms with Crippen molar-refractivity contribution in [1.82, 2.24) is 0 Å². The molecule has 11 heteroatoms. The third-order valence-electron chi connectivity index (χ3n) is 2.94. The van der Waals surface area contributed by atoms with Gasteiger partial charge in [0, 0.05) is 0 Å². The molecule has 0 spiro atoms. The monoisotopic (exact) mass is 571 g/mol. The molecule has 2 atom stereocenters.